The summed E-state index contributed by atoms with van der Waals surface area (Å²) < 4.78 is 10.6. The SMILES string of the molecule is COc1ccc(NC(=O)C2C(C(=O)O)[C@@H]3CC[C@H]2O3)cc1. The van der Waals surface area contributed by atoms with Gasteiger partial charge in [-0.2, -0.15) is 0 Å². The smallest absolute Gasteiger partial charge is 0.310 e. The van der Waals surface area contributed by atoms with Crippen molar-refractivity contribution in [2.75, 3.05) is 12.4 Å². The minimum absolute atomic E-state index is 0.283. The van der Waals surface area contributed by atoms with Gasteiger partial charge in [0.15, 0.2) is 0 Å². The molecule has 21 heavy (non-hydrogen) atoms. The van der Waals surface area contributed by atoms with Crippen LogP contribution in [0.1, 0.15) is 12.8 Å². The number of carbonyl (C=O) groups is 2. The second-order valence-electron chi connectivity index (χ2n) is 5.40. The highest BCUT2D eigenvalue weighted by Crippen LogP contribution is 2.44. The Morgan fingerprint density at radius 1 is 1.19 bits per heavy atom. The fraction of sp³-hybridized carbons (Fsp3) is 0.467. The fourth-order valence-electron chi connectivity index (χ4n) is 3.22. The number of carboxylic acids is 1. The van der Waals surface area contributed by atoms with Crippen molar-refractivity contribution in [2.45, 2.75) is 25.0 Å². The van der Waals surface area contributed by atoms with Crippen LogP contribution in [0.2, 0.25) is 0 Å². The van der Waals surface area contributed by atoms with Crippen LogP contribution in [0, 0.1) is 11.8 Å². The Hall–Kier alpha value is -2.08. The third-order valence-corrected chi connectivity index (χ3v) is 4.22. The second-order valence-corrected chi connectivity index (χ2v) is 5.40. The summed E-state index contributed by atoms with van der Waals surface area (Å²) in [7, 11) is 1.57. The van der Waals surface area contributed by atoms with Gasteiger partial charge in [0.2, 0.25) is 5.91 Å². The number of methoxy groups -OCH3 is 1. The van der Waals surface area contributed by atoms with Crippen LogP contribution < -0.4 is 10.1 Å². The summed E-state index contributed by atoms with van der Waals surface area (Å²) in [6, 6.07) is 6.92. The molecule has 2 fully saturated rings. The molecule has 2 N–H and O–H groups in total. The molecule has 0 spiro atoms. The van der Waals surface area contributed by atoms with E-state index >= 15 is 0 Å². The molecule has 1 aromatic carbocycles. The van der Waals surface area contributed by atoms with E-state index in [0.717, 1.165) is 6.42 Å². The Balaban J connectivity index is 1.73. The molecular weight excluding hydrogens is 274 g/mol. The maximum Gasteiger partial charge on any atom is 0.310 e. The van der Waals surface area contributed by atoms with E-state index in [1.807, 2.05) is 0 Å². The number of carbonyl (C=O) groups excluding carboxylic acids is 1. The van der Waals surface area contributed by atoms with Gasteiger partial charge in [0.1, 0.15) is 5.75 Å². The van der Waals surface area contributed by atoms with Crippen molar-refractivity contribution in [1.82, 2.24) is 0 Å². The molecule has 112 valence electrons. The Labute approximate surface area is 122 Å². The van der Waals surface area contributed by atoms with Crippen molar-refractivity contribution in [3.05, 3.63) is 24.3 Å². The highest BCUT2D eigenvalue weighted by Gasteiger charge is 2.55. The highest BCUT2D eigenvalue weighted by molar-refractivity contribution is 5.96. The molecule has 3 rings (SSSR count). The Bertz CT molecular complexity index is 556. The van der Waals surface area contributed by atoms with E-state index in [0.29, 0.717) is 17.9 Å². The van der Waals surface area contributed by atoms with Gasteiger partial charge in [0.05, 0.1) is 31.2 Å². The Morgan fingerprint density at radius 2 is 1.81 bits per heavy atom. The number of hydrogen-bond donors (Lipinski definition) is 2. The molecule has 2 unspecified atom stereocenters. The summed E-state index contributed by atoms with van der Waals surface area (Å²) >= 11 is 0. The van der Waals surface area contributed by atoms with Crippen molar-refractivity contribution in [2.24, 2.45) is 11.8 Å². The molecule has 0 saturated carbocycles. The molecule has 2 heterocycles. The lowest BCUT2D eigenvalue weighted by Crippen LogP contribution is -2.40. The number of rotatable bonds is 4. The van der Waals surface area contributed by atoms with Crippen LogP contribution in [0.3, 0.4) is 0 Å². The largest absolute Gasteiger partial charge is 0.497 e. The van der Waals surface area contributed by atoms with Crippen molar-refractivity contribution in [3.8, 4) is 5.75 Å². The number of carboxylic acid groups (broad SMARTS) is 1. The third-order valence-electron chi connectivity index (χ3n) is 4.22. The van der Waals surface area contributed by atoms with E-state index in [2.05, 4.69) is 5.32 Å². The van der Waals surface area contributed by atoms with Crippen LogP contribution in [0.5, 0.6) is 5.75 Å². The molecule has 2 bridgehead atoms. The zero-order chi connectivity index (χ0) is 15.0. The minimum atomic E-state index is -0.961. The summed E-state index contributed by atoms with van der Waals surface area (Å²) in [6.45, 7) is 0. The van der Waals surface area contributed by atoms with Crippen LogP contribution in [0.15, 0.2) is 24.3 Å². The molecule has 1 amide bonds. The first kappa shape index (κ1) is 13.9. The molecule has 2 saturated heterocycles. The van der Waals surface area contributed by atoms with E-state index in [4.69, 9.17) is 9.47 Å². The number of nitrogens with one attached hydrogen (secondary N) is 1. The predicted octanol–water partition coefficient (Wildman–Crippen LogP) is 1.51. The quantitative estimate of drug-likeness (QED) is 0.878. The zero-order valence-corrected chi connectivity index (χ0v) is 11.6. The number of amides is 1. The van der Waals surface area contributed by atoms with Crippen LogP contribution in [0.4, 0.5) is 5.69 Å². The van der Waals surface area contributed by atoms with Crippen LogP contribution in [-0.2, 0) is 14.3 Å². The normalized spacial score (nSPS) is 30.1. The number of fused-ring (bicyclic) bond motifs is 2. The maximum atomic E-state index is 12.4. The molecule has 1 aromatic rings. The standard InChI is InChI=1S/C15H17NO5/c1-20-9-4-2-8(3-5-9)16-14(17)12-10-6-7-11(21-10)13(12)15(18)19/h2-5,10-13H,6-7H2,1H3,(H,16,17)(H,18,19)/t10-,11+,12?,13?/m1/s1. The first-order valence-corrected chi connectivity index (χ1v) is 6.93. The second kappa shape index (κ2) is 5.37. The Kier molecular flexibility index (Phi) is 3.55. The van der Waals surface area contributed by atoms with Gasteiger partial charge in [0.25, 0.3) is 0 Å². The number of hydrogen-bond acceptors (Lipinski definition) is 4. The van der Waals surface area contributed by atoms with Gasteiger partial charge in [0, 0.05) is 5.69 Å². The molecule has 2 aliphatic rings. The zero-order valence-electron chi connectivity index (χ0n) is 11.6. The molecule has 2 aliphatic heterocycles. The lowest BCUT2D eigenvalue weighted by Gasteiger charge is -2.23. The maximum absolute atomic E-state index is 12.4. The van der Waals surface area contributed by atoms with Crippen LogP contribution >= 0.6 is 0 Å². The first-order valence-electron chi connectivity index (χ1n) is 6.93. The summed E-state index contributed by atoms with van der Waals surface area (Å²) in [5.74, 6) is -1.93. The van der Waals surface area contributed by atoms with Crippen molar-refractivity contribution in [3.63, 3.8) is 0 Å². The topological polar surface area (TPSA) is 84.9 Å². The van der Waals surface area contributed by atoms with Gasteiger partial charge >= 0.3 is 5.97 Å². The summed E-state index contributed by atoms with van der Waals surface area (Å²) in [6.07, 6.45) is 0.844. The average molecular weight is 291 g/mol. The molecule has 0 radical (unpaired) electrons. The lowest BCUT2D eigenvalue weighted by molar-refractivity contribution is -0.147. The molecule has 0 aromatic heterocycles. The average Bonchev–Trinajstić information content (AvgIpc) is 3.08. The van der Waals surface area contributed by atoms with Gasteiger partial charge in [-0.15, -0.1) is 0 Å². The van der Waals surface area contributed by atoms with Crippen molar-refractivity contribution >= 4 is 17.6 Å². The highest BCUT2D eigenvalue weighted by atomic mass is 16.5. The molecule has 6 heteroatoms. The van der Waals surface area contributed by atoms with E-state index in [9.17, 15) is 14.7 Å². The third kappa shape index (κ3) is 2.47. The van der Waals surface area contributed by atoms with Crippen LogP contribution in [-0.4, -0.2) is 36.3 Å². The number of benzene rings is 1. The number of aliphatic carboxylic acids is 1. The van der Waals surface area contributed by atoms with E-state index < -0.39 is 17.8 Å². The minimum Gasteiger partial charge on any atom is -0.497 e. The monoisotopic (exact) mass is 291 g/mol. The van der Waals surface area contributed by atoms with E-state index in [1.165, 1.54) is 0 Å². The van der Waals surface area contributed by atoms with Gasteiger partial charge in [-0.25, -0.2) is 0 Å². The summed E-state index contributed by atoms with van der Waals surface area (Å²) in [5, 5.41) is 12.1. The van der Waals surface area contributed by atoms with Crippen molar-refractivity contribution in [1.29, 1.82) is 0 Å². The molecule has 6 nitrogen and oxygen atoms in total. The molecule has 4 atom stereocenters. The van der Waals surface area contributed by atoms with Gasteiger partial charge in [-0.1, -0.05) is 0 Å². The van der Waals surface area contributed by atoms with E-state index in [-0.39, 0.29) is 18.1 Å². The van der Waals surface area contributed by atoms with Gasteiger partial charge in [-0.05, 0) is 37.1 Å². The summed E-state index contributed by atoms with van der Waals surface area (Å²) in [4.78, 5) is 23.8. The predicted molar refractivity (Wildman–Crippen MR) is 74.1 cm³/mol. The number of ether oxygens (including phenoxy) is 2. The Morgan fingerprint density at radius 3 is 2.38 bits per heavy atom. The van der Waals surface area contributed by atoms with Crippen LogP contribution in [0.25, 0.3) is 0 Å². The molecular formula is C15H17NO5. The van der Waals surface area contributed by atoms with Gasteiger partial charge < -0.3 is 19.9 Å². The fourth-order valence-corrected chi connectivity index (χ4v) is 3.22. The van der Waals surface area contributed by atoms with Crippen molar-refractivity contribution < 1.29 is 24.2 Å². The first-order chi connectivity index (χ1) is 10.1. The summed E-state index contributed by atoms with van der Waals surface area (Å²) in [5.41, 5.74) is 0.618. The van der Waals surface area contributed by atoms with Gasteiger partial charge in [-0.3, -0.25) is 9.59 Å². The lowest BCUT2D eigenvalue weighted by atomic mass is 9.78. The molecule has 0 aliphatic carbocycles. The number of anilines is 1. The van der Waals surface area contributed by atoms with E-state index in [1.54, 1.807) is 31.4 Å².